The van der Waals surface area contributed by atoms with Gasteiger partial charge in [-0.25, -0.2) is 0 Å². The van der Waals surface area contributed by atoms with Crippen molar-refractivity contribution >= 4 is 41.7 Å². The van der Waals surface area contributed by atoms with Gasteiger partial charge in [-0.05, 0) is 43.2 Å². The maximum absolute atomic E-state index is 8.79. The average molecular weight is 430 g/mol. The normalized spacial score (nSPS) is 20.9. The van der Waals surface area contributed by atoms with Crippen molar-refractivity contribution < 1.29 is 0 Å². The molecule has 1 saturated heterocycles. The fourth-order valence-corrected chi connectivity index (χ4v) is 3.59. The Balaban J connectivity index is 0.00000242. The van der Waals surface area contributed by atoms with E-state index in [1.807, 2.05) is 36.0 Å². The third-order valence-electron chi connectivity index (χ3n) is 3.70. The van der Waals surface area contributed by atoms with Crippen LogP contribution in [0, 0.1) is 11.3 Å². The van der Waals surface area contributed by atoms with Crippen LogP contribution in [0.4, 0.5) is 0 Å². The minimum Gasteiger partial charge on any atom is -0.355 e. The zero-order valence-corrected chi connectivity index (χ0v) is 16.2. The van der Waals surface area contributed by atoms with Crippen molar-refractivity contribution in [2.24, 2.45) is 4.99 Å². The van der Waals surface area contributed by atoms with E-state index in [0.29, 0.717) is 16.9 Å². The Morgan fingerprint density at radius 1 is 1.36 bits per heavy atom. The van der Waals surface area contributed by atoms with Gasteiger partial charge in [-0.1, -0.05) is 12.1 Å². The number of guanidine groups is 1. The summed E-state index contributed by atoms with van der Waals surface area (Å²) in [5.41, 5.74) is 1.82. The Morgan fingerprint density at radius 2 is 2.09 bits per heavy atom. The summed E-state index contributed by atoms with van der Waals surface area (Å²) in [6, 6.07) is 9.73. The van der Waals surface area contributed by atoms with Gasteiger partial charge in [0.05, 0.1) is 11.6 Å². The number of rotatable bonds is 4. The summed E-state index contributed by atoms with van der Waals surface area (Å²) >= 11 is 2.04. The molecular formula is C16H23IN4S. The molecule has 1 fully saturated rings. The highest BCUT2D eigenvalue weighted by Crippen LogP contribution is 2.36. The molecule has 0 spiro atoms. The molecule has 6 heteroatoms. The lowest BCUT2D eigenvalue weighted by Gasteiger charge is -2.24. The molecular weight excluding hydrogens is 407 g/mol. The van der Waals surface area contributed by atoms with Crippen molar-refractivity contribution in [3.8, 4) is 6.07 Å². The number of hydrogen-bond donors (Lipinski definition) is 2. The summed E-state index contributed by atoms with van der Waals surface area (Å²) in [5.74, 6) is 2.09. The molecule has 0 amide bonds. The molecule has 0 bridgehead atoms. The molecule has 0 aromatic heterocycles. The van der Waals surface area contributed by atoms with E-state index >= 15 is 0 Å². The predicted octanol–water partition coefficient (Wildman–Crippen LogP) is 3.13. The van der Waals surface area contributed by atoms with E-state index in [1.165, 1.54) is 18.6 Å². The van der Waals surface area contributed by atoms with Gasteiger partial charge in [-0.3, -0.25) is 4.99 Å². The number of nitrogens with one attached hydrogen (secondary N) is 2. The second-order valence-electron chi connectivity index (χ2n) is 5.49. The minimum absolute atomic E-state index is 0. The highest BCUT2D eigenvalue weighted by atomic mass is 127. The molecule has 1 aromatic carbocycles. The van der Waals surface area contributed by atoms with Crippen molar-refractivity contribution in [1.82, 2.24) is 10.6 Å². The number of nitrogens with zero attached hydrogens (tertiary/aromatic N) is 2. The van der Waals surface area contributed by atoms with Crippen molar-refractivity contribution in [2.75, 3.05) is 19.3 Å². The van der Waals surface area contributed by atoms with Gasteiger partial charge in [0.1, 0.15) is 0 Å². The summed E-state index contributed by atoms with van der Waals surface area (Å²) in [4.78, 5) is 4.26. The third kappa shape index (κ3) is 5.69. The van der Waals surface area contributed by atoms with E-state index in [1.54, 1.807) is 7.05 Å². The summed E-state index contributed by atoms with van der Waals surface area (Å²) < 4.78 is 0.325. The van der Waals surface area contributed by atoms with Gasteiger partial charge in [-0.15, -0.1) is 24.0 Å². The largest absolute Gasteiger partial charge is 0.355 e. The van der Waals surface area contributed by atoms with Gasteiger partial charge >= 0.3 is 0 Å². The number of hydrogen-bond acceptors (Lipinski definition) is 3. The molecule has 120 valence electrons. The summed E-state index contributed by atoms with van der Waals surface area (Å²) in [6.07, 6.45) is 2.57. The minimum atomic E-state index is 0. The fraction of sp³-hybridized carbons (Fsp3) is 0.500. The maximum Gasteiger partial charge on any atom is 0.191 e. The fourth-order valence-electron chi connectivity index (χ4n) is 2.35. The van der Waals surface area contributed by atoms with Gasteiger partial charge in [0, 0.05) is 24.9 Å². The first-order chi connectivity index (χ1) is 10.1. The molecule has 1 unspecified atom stereocenters. The lowest BCUT2D eigenvalue weighted by molar-refractivity contribution is 0.584. The van der Waals surface area contributed by atoms with Crippen LogP contribution in [0.25, 0.3) is 0 Å². The van der Waals surface area contributed by atoms with Crippen molar-refractivity contribution in [3.05, 3.63) is 35.4 Å². The molecule has 0 aliphatic carbocycles. The van der Waals surface area contributed by atoms with Crippen molar-refractivity contribution in [1.29, 1.82) is 5.26 Å². The van der Waals surface area contributed by atoms with E-state index in [-0.39, 0.29) is 24.0 Å². The van der Waals surface area contributed by atoms with Gasteiger partial charge in [0.25, 0.3) is 0 Å². The standard InChI is InChI=1S/C16H22N4S.HI/c1-16(8-3-9-21-16)12-20-15(18-2)19-11-14-6-4-13(10-17)5-7-14;/h4-7H,3,8-9,11-12H2,1-2H3,(H2,18,19,20);1H. The molecule has 1 aliphatic heterocycles. The number of benzene rings is 1. The topological polar surface area (TPSA) is 60.2 Å². The summed E-state index contributed by atoms with van der Waals surface area (Å²) in [7, 11) is 1.79. The van der Waals surface area contributed by atoms with E-state index in [2.05, 4.69) is 28.6 Å². The molecule has 1 aliphatic rings. The lowest BCUT2D eigenvalue weighted by atomic mass is 10.1. The Kier molecular flexibility index (Phi) is 8.04. The molecule has 0 saturated carbocycles. The maximum atomic E-state index is 8.79. The van der Waals surface area contributed by atoms with Gasteiger partial charge < -0.3 is 10.6 Å². The molecule has 0 radical (unpaired) electrons. The monoisotopic (exact) mass is 430 g/mol. The van der Waals surface area contributed by atoms with Crippen LogP contribution in [0.2, 0.25) is 0 Å². The Hall–Kier alpha value is -0.940. The zero-order chi connectivity index (χ0) is 15.1. The van der Waals surface area contributed by atoms with Crippen LogP contribution in [0.3, 0.4) is 0 Å². The van der Waals surface area contributed by atoms with Crippen molar-refractivity contribution in [2.45, 2.75) is 31.1 Å². The molecule has 4 nitrogen and oxygen atoms in total. The van der Waals surface area contributed by atoms with Gasteiger partial charge in [-0.2, -0.15) is 17.0 Å². The third-order valence-corrected chi connectivity index (χ3v) is 5.24. The zero-order valence-electron chi connectivity index (χ0n) is 13.1. The molecule has 1 aromatic rings. The van der Waals surface area contributed by atoms with Gasteiger partial charge in [0.15, 0.2) is 5.96 Å². The van der Waals surface area contributed by atoms with Crippen LogP contribution in [0.5, 0.6) is 0 Å². The summed E-state index contributed by atoms with van der Waals surface area (Å²) in [6.45, 7) is 3.95. The Morgan fingerprint density at radius 3 is 2.64 bits per heavy atom. The van der Waals surface area contributed by atoms with Crippen LogP contribution in [0.1, 0.15) is 30.9 Å². The second-order valence-corrected chi connectivity index (χ2v) is 7.17. The highest BCUT2D eigenvalue weighted by molar-refractivity contribution is 14.0. The Labute approximate surface area is 154 Å². The first kappa shape index (κ1) is 19.1. The molecule has 1 atom stereocenters. The van der Waals surface area contributed by atoms with E-state index < -0.39 is 0 Å². The van der Waals surface area contributed by atoms with E-state index in [0.717, 1.165) is 18.1 Å². The van der Waals surface area contributed by atoms with Crippen LogP contribution in [0.15, 0.2) is 29.3 Å². The molecule has 22 heavy (non-hydrogen) atoms. The second kappa shape index (κ2) is 9.26. The van der Waals surface area contributed by atoms with Crippen LogP contribution in [-0.4, -0.2) is 30.1 Å². The van der Waals surface area contributed by atoms with Crippen LogP contribution in [-0.2, 0) is 6.54 Å². The highest BCUT2D eigenvalue weighted by Gasteiger charge is 2.29. The van der Waals surface area contributed by atoms with Gasteiger partial charge in [0.2, 0.25) is 0 Å². The van der Waals surface area contributed by atoms with E-state index in [4.69, 9.17) is 5.26 Å². The number of thioether (sulfide) groups is 1. The predicted molar refractivity (Wildman–Crippen MR) is 105 cm³/mol. The quantitative estimate of drug-likeness (QED) is 0.438. The van der Waals surface area contributed by atoms with E-state index in [9.17, 15) is 0 Å². The number of aliphatic imine (C=N–C) groups is 1. The molecule has 2 rings (SSSR count). The first-order valence-corrected chi connectivity index (χ1v) is 8.21. The molecule has 2 N–H and O–H groups in total. The number of halogens is 1. The average Bonchev–Trinajstić information content (AvgIpc) is 2.95. The smallest absolute Gasteiger partial charge is 0.191 e. The van der Waals surface area contributed by atoms with Crippen LogP contribution >= 0.6 is 35.7 Å². The first-order valence-electron chi connectivity index (χ1n) is 7.23. The lowest BCUT2D eigenvalue weighted by Crippen LogP contribution is -2.43. The van der Waals surface area contributed by atoms with Crippen molar-refractivity contribution in [3.63, 3.8) is 0 Å². The van der Waals surface area contributed by atoms with Crippen LogP contribution < -0.4 is 10.6 Å². The number of nitriles is 1. The Bertz CT molecular complexity index is 530. The summed E-state index contributed by atoms with van der Waals surface area (Å²) in [5, 5.41) is 15.5. The SMILES string of the molecule is CN=C(NCc1ccc(C#N)cc1)NCC1(C)CCCS1.I. The molecule has 1 heterocycles.